The summed E-state index contributed by atoms with van der Waals surface area (Å²) < 4.78 is 5.56. The minimum absolute atomic E-state index is 0.0186. The molecule has 2 aliphatic heterocycles. The number of rotatable bonds is 5. The van der Waals surface area contributed by atoms with Crippen LogP contribution in [0.3, 0.4) is 0 Å². The van der Waals surface area contributed by atoms with E-state index < -0.39 is 0 Å². The van der Waals surface area contributed by atoms with Crippen LogP contribution in [0.1, 0.15) is 6.42 Å². The van der Waals surface area contributed by atoms with Gasteiger partial charge in [0, 0.05) is 44.1 Å². The maximum Gasteiger partial charge on any atom is 0.414 e. The highest BCUT2D eigenvalue weighted by molar-refractivity contribution is 5.89. The number of amides is 1. The van der Waals surface area contributed by atoms with E-state index in [-0.39, 0.29) is 12.2 Å². The lowest BCUT2D eigenvalue weighted by molar-refractivity contribution is 0.125. The van der Waals surface area contributed by atoms with Crippen molar-refractivity contribution in [2.45, 2.75) is 12.5 Å². The van der Waals surface area contributed by atoms with Crippen LogP contribution < -0.4 is 9.80 Å². The van der Waals surface area contributed by atoms with E-state index in [4.69, 9.17) is 4.74 Å². The molecule has 136 valence electrons. The van der Waals surface area contributed by atoms with Gasteiger partial charge < -0.3 is 9.64 Å². The van der Waals surface area contributed by atoms with Gasteiger partial charge in [-0.1, -0.05) is 36.4 Å². The Morgan fingerprint density at radius 3 is 2.12 bits per heavy atom. The largest absolute Gasteiger partial charge is 0.444 e. The van der Waals surface area contributed by atoms with E-state index in [2.05, 4.69) is 40.1 Å². The summed E-state index contributed by atoms with van der Waals surface area (Å²) in [6, 6.07) is 20.3. The molecule has 5 heteroatoms. The average molecular weight is 351 g/mol. The molecule has 26 heavy (non-hydrogen) atoms. The monoisotopic (exact) mass is 351 g/mol. The minimum Gasteiger partial charge on any atom is -0.444 e. The van der Waals surface area contributed by atoms with E-state index in [0.29, 0.717) is 6.54 Å². The molecule has 1 unspecified atom stereocenters. The van der Waals surface area contributed by atoms with E-state index in [1.807, 2.05) is 30.3 Å². The fraction of sp³-hybridized carbons (Fsp3) is 0.381. The molecule has 0 aromatic heterocycles. The first-order valence-electron chi connectivity index (χ1n) is 9.35. The van der Waals surface area contributed by atoms with Crippen molar-refractivity contribution in [1.82, 2.24) is 4.90 Å². The van der Waals surface area contributed by atoms with Crippen LogP contribution in [0.4, 0.5) is 16.2 Å². The molecule has 2 aliphatic rings. The molecule has 0 radical (unpaired) electrons. The molecule has 0 spiro atoms. The van der Waals surface area contributed by atoms with E-state index in [9.17, 15) is 4.79 Å². The van der Waals surface area contributed by atoms with E-state index >= 15 is 0 Å². The maximum atomic E-state index is 12.1. The van der Waals surface area contributed by atoms with Crippen LogP contribution in [-0.2, 0) is 4.74 Å². The zero-order valence-electron chi connectivity index (χ0n) is 15.0. The van der Waals surface area contributed by atoms with E-state index in [0.717, 1.165) is 44.8 Å². The summed E-state index contributed by atoms with van der Waals surface area (Å²) in [6.07, 6.45) is 0.644. The van der Waals surface area contributed by atoms with Crippen LogP contribution in [0.5, 0.6) is 0 Å². The number of carbonyl (C=O) groups excluding carboxylic acids is 1. The quantitative estimate of drug-likeness (QED) is 0.829. The first-order valence-corrected chi connectivity index (χ1v) is 9.35. The Kier molecular flexibility index (Phi) is 5.07. The normalized spacial score (nSPS) is 21.1. The SMILES string of the molecule is O=C1OC(CCN2CCN(c3ccccc3)CC2)CN1c1ccccc1. The Balaban J connectivity index is 1.24. The summed E-state index contributed by atoms with van der Waals surface area (Å²) in [5.41, 5.74) is 2.21. The van der Waals surface area contributed by atoms with Gasteiger partial charge in [0.15, 0.2) is 0 Å². The first-order chi connectivity index (χ1) is 12.8. The van der Waals surface area contributed by atoms with Crippen LogP contribution in [0.25, 0.3) is 0 Å². The molecular formula is C21H25N3O2. The molecule has 4 rings (SSSR count). The number of para-hydroxylation sites is 2. The third-order valence-electron chi connectivity index (χ3n) is 5.20. The van der Waals surface area contributed by atoms with Crippen molar-refractivity contribution in [2.24, 2.45) is 0 Å². The molecule has 0 aliphatic carbocycles. The standard InChI is InChI=1S/C21H25N3O2/c25-21-24(19-9-5-2-6-10-19)17-20(26-21)11-12-22-13-15-23(16-14-22)18-7-3-1-4-8-18/h1-10,20H,11-17H2. The van der Waals surface area contributed by atoms with Gasteiger partial charge in [-0.15, -0.1) is 0 Å². The van der Waals surface area contributed by atoms with Gasteiger partial charge >= 0.3 is 6.09 Å². The Morgan fingerprint density at radius 1 is 0.846 bits per heavy atom. The molecule has 2 heterocycles. The molecule has 0 N–H and O–H groups in total. The zero-order chi connectivity index (χ0) is 17.8. The summed E-state index contributed by atoms with van der Waals surface area (Å²) in [6.45, 7) is 5.82. The van der Waals surface area contributed by atoms with Crippen molar-refractivity contribution >= 4 is 17.5 Å². The van der Waals surface area contributed by atoms with Gasteiger partial charge in [0.05, 0.1) is 6.54 Å². The van der Waals surface area contributed by atoms with Crippen molar-refractivity contribution in [2.75, 3.05) is 49.1 Å². The average Bonchev–Trinajstić information content (AvgIpc) is 3.09. The maximum absolute atomic E-state index is 12.1. The van der Waals surface area contributed by atoms with Crippen LogP contribution in [0.15, 0.2) is 60.7 Å². The van der Waals surface area contributed by atoms with E-state index in [1.54, 1.807) is 4.90 Å². The van der Waals surface area contributed by atoms with Gasteiger partial charge in [-0.3, -0.25) is 9.80 Å². The number of benzene rings is 2. The molecule has 0 saturated carbocycles. The highest BCUT2D eigenvalue weighted by Gasteiger charge is 2.32. The predicted octanol–water partition coefficient (Wildman–Crippen LogP) is 3.22. The second-order valence-corrected chi connectivity index (χ2v) is 6.90. The third kappa shape index (κ3) is 3.83. The van der Waals surface area contributed by atoms with Crippen LogP contribution in [-0.4, -0.2) is 56.4 Å². The Bertz CT molecular complexity index is 715. The Hall–Kier alpha value is -2.53. The van der Waals surface area contributed by atoms with Crippen molar-refractivity contribution in [3.63, 3.8) is 0 Å². The molecule has 2 saturated heterocycles. The molecule has 0 bridgehead atoms. The smallest absolute Gasteiger partial charge is 0.414 e. The number of anilines is 2. The fourth-order valence-electron chi connectivity index (χ4n) is 3.69. The highest BCUT2D eigenvalue weighted by atomic mass is 16.6. The summed E-state index contributed by atoms with van der Waals surface area (Å²) >= 11 is 0. The molecule has 2 aromatic rings. The molecule has 1 amide bonds. The summed E-state index contributed by atoms with van der Waals surface area (Å²) in [5, 5.41) is 0. The van der Waals surface area contributed by atoms with Crippen LogP contribution >= 0.6 is 0 Å². The number of cyclic esters (lactones) is 1. The van der Waals surface area contributed by atoms with Gasteiger partial charge in [0.25, 0.3) is 0 Å². The summed E-state index contributed by atoms with van der Waals surface area (Å²) in [4.78, 5) is 18.8. The minimum atomic E-state index is -0.227. The van der Waals surface area contributed by atoms with Gasteiger partial charge in [-0.2, -0.15) is 0 Å². The molecule has 1 atom stereocenters. The van der Waals surface area contributed by atoms with Crippen molar-refractivity contribution < 1.29 is 9.53 Å². The number of ether oxygens (including phenoxy) is 1. The lowest BCUT2D eigenvalue weighted by Crippen LogP contribution is -2.47. The number of hydrogen-bond acceptors (Lipinski definition) is 4. The molecule has 5 nitrogen and oxygen atoms in total. The van der Waals surface area contributed by atoms with Gasteiger partial charge in [0.2, 0.25) is 0 Å². The molecule has 2 aromatic carbocycles. The van der Waals surface area contributed by atoms with Gasteiger partial charge in [-0.05, 0) is 30.7 Å². The van der Waals surface area contributed by atoms with Gasteiger partial charge in [-0.25, -0.2) is 4.79 Å². The zero-order valence-corrected chi connectivity index (χ0v) is 15.0. The van der Waals surface area contributed by atoms with Crippen LogP contribution in [0.2, 0.25) is 0 Å². The van der Waals surface area contributed by atoms with Crippen molar-refractivity contribution in [1.29, 1.82) is 0 Å². The van der Waals surface area contributed by atoms with Gasteiger partial charge in [0.1, 0.15) is 6.10 Å². The Labute approximate surface area is 154 Å². The first kappa shape index (κ1) is 16.9. The van der Waals surface area contributed by atoms with E-state index in [1.165, 1.54) is 5.69 Å². The summed E-state index contributed by atoms with van der Waals surface area (Å²) in [7, 11) is 0. The molecule has 2 fully saturated rings. The third-order valence-corrected chi connectivity index (χ3v) is 5.20. The van der Waals surface area contributed by atoms with Crippen LogP contribution in [0, 0.1) is 0 Å². The number of nitrogens with zero attached hydrogens (tertiary/aromatic N) is 3. The summed E-state index contributed by atoms with van der Waals surface area (Å²) in [5.74, 6) is 0. The number of piperazine rings is 1. The molecular weight excluding hydrogens is 326 g/mol. The number of carbonyl (C=O) groups is 1. The Morgan fingerprint density at radius 2 is 1.46 bits per heavy atom. The predicted molar refractivity (Wildman–Crippen MR) is 104 cm³/mol. The van der Waals surface area contributed by atoms with Crippen molar-refractivity contribution in [3.05, 3.63) is 60.7 Å². The second kappa shape index (κ2) is 7.79. The highest BCUT2D eigenvalue weighted by Crippen LogP contribution is 2.23. The second-order valence-electron chi connectivity index (χ2n) is 6.90. The fourth-order valence-corrected chi connectivity index (χ4v) is 3.69. The lowest BCUT2D eigenvalue weighted by Gasteiger charge is -2.36. The van der Waals surface area contributed by atoms with Crippen molar-refractivity contribution in [3.8, 4) is 0 Å². The lowest BCUT2D eigenvalue weighted by atomic mass is 10.2. The number of hydrogen-bond donors (Lipinski definition) is 0. The topological polar surface area (TPSA) is 36.0 Å².